The lowest BCUT2D eigenvalue weighted by atomic mass is 9.92. The number of hydrogen-bond acceptors (Lipinski definition) is 2. The second kappa shape index (κ2) is 6.35. The molecule has 0 aromatic heterocycles. The fraction of sp³-hybridized carbons (Fsp3) is 0.533. The third kappa shape index (κ3) is 3.57. The molecule has 110 valence electrons. The number of halogens is 1. The molecule has 1 fully saturated rings. The van der Waals surface area contributed by atoms with E-state index in [1.165, 1.54) is 6.42 Å². The third-order valence-electron chi connectivity index (χ3n) is 3.56. The van der Waals surface area contributed by atoms with Crippen molar-refractivity contribution in [2.45, 2.75) is 20.3 Å². The minimum Gasteiger partial charge on any atom is -0.495 e. The maximum absolute atomic E-state index is 12.3. The molecule has 2 atom stereocenters. The van der Waals surface area contributed by atoms with Crippen LogP contribution in [0.5, 0.6) is 5.75 Å². The van der Waals surface area contributed by atoms with Gasteiger partial charge in [0.05, 0.1) is 12.1 Å². The number of amides is 2. The van der Waals surface area contributed by atoms with Crippen LogP contribution in [0.2, 0.25) is 5.02 Å². The molecule has 4 nitrogen and oxygen atoms in total. The van der Waals surface area contributed by atoms with E-state index >= 15 is 0 Å². The molecule has 0 aliphatic carbocycles. The number of hydrogen-bond donors (Lipinski definition) is 1. The average Bonchev–Trinajstić information content (AvgIpc) is 2.37. The molecule has 0 spiro atoms. The van der Waals surface area contributed by atoms with Crippen LogP contribution in [0.15, 0.2) is 18.2 Å². The molecule has 1 aromatic carbocycles. The van der Waals surface area contributed by atoms with E-state index in [4.69, 9.17) is 16.3 Å². The number of likely N-dealkylation sites (tertiary alicyclic amines) is 1. The zero-order chi connectivity index (χ0) is 14.7. The average molecular weight is 297 g/mol. The number of carbonyl (C=O) groups is 1. The summed E-state index contributed by atoms with van der Waals surface area (Å²) in [7, 11) is 1.57. The summed E-state index contributed by atoms with van der Waals surface area (Å²) >= 11 is 6.06. The minimum atomic E-state index is -0.0652. The van der Waals surface area contributed by atoms with E-state index in [1.54, 1.807) is 25.3 Å². The van der Waals surface area contributed by atoms with Crippen LogP contribution in [0.25, 0.3) is 0 Å². The first kappa shape index (κ1) is 15.0. The van der Waals surface area contributed by atoms with E-state index in [-0.39, 0.29) is 6.03 Å². The highest BCUT2D eigenvalue weighted by Gasteiger charge is 2.25. The molecule has 2 amide bonds. The summed E-state index contributed by atoms with van der Waals surface area (Å²) in [5.74, 6) is 1.69. The van der Waals surface area contributed by atoms with Gasteiger partial charge < -0.3 is 15.0 Å². The number of carbonyl (C=O) groups excluding carboxylic acids is 1. The quantitative estimate of drug-likeness (QED) is 0.900. The zero-order valence-electron chi connectivity index (χ0n) is 12.1. The smallest absolute Gasteiger partial charge is 0.321 e. The van der Waals surface area contributed by atoms with Crippen LogP contribution in [-0.4, -0.2) is 31.1 Å². The van der Waals surface area contributed by atoms with Crippen LogP contribution in [0.3, 0.4) is 0 Å². The van der Waals surface area contributed by atoms with Gasteiger partial charge in [-0.1, -0.05) is 25.4 Å². The van der Waals surface area contributed by atoms with Gasteiger partial charge in [-0.2, -0.15) is 0 Å². The number of benzene rings is 1. The zero-order valence-corrected chi connectivity index (χ0v) is 12.9. The van der Waals surface area contributed by atoms with Gasteiger partial charge in [0.1, 0.15) is 5.75 Å². The van der Waals surface area contributed by atoms with Gasteiger partial charge in [0.15, 0.2) is 0 Å². The van der Waals surface area contributed by atoms with Crippen molar-refractivity contribution in [3.05, 3.63) is 23.2 Å². The Labute approximate surface area is 125 Å². The van der Waals surface area contributed by atoms with Gasteiger partial charge in [-0.15, -0.1) is 0 Å². The molecule has 1 saturated heterocycles. The molecule has 1 aromatic rings. The fourth-order valence-corrected chi connectivity index (χ4v) is 3.03. The Hall–Kier alpha value is -1.42. The second-order valence-corrected chi connectivity index (χ2v) is 6.04. The van der Waals surface area contributed by atoms with Gasteiger partial charge in [0.25, 0.3) is 0 Å². The van der Waals surface area contributed by atoms with Crippen LogP contribution in [0, 0.1) is 11.8 Å². The monoisotopic (exact) mass is 296 g/mol. The van der Waals surface area contributed by atoms with Crippen molar-refractivity contribution in [1.82, 2.24) is 4.90 Å². The van der Waals surface area contributed by atoms with Crippen molar-refractivity contribution in [3.63, 3.8) is 0 Å². The normalized spacial score (nSPS) is 22.5. The van der Waals surface area contributed by atoms with Crippen LogP contribution < -0.4 is 10.1 Å². The summed E-state index contributed by atoms with van der Waals surface area (Å²) < 4.78 is 5.09. The van der Waals surface area contributed by atoms with Crippen LogP contribution >= 0.6 is 11.6 Å². The summed E-state index contributed by atoms with van der Waals surface area (Å²) in [4.78, 5) is 14.1. The van der Waals surface area contributed by atoms with Crippen LogP contribution in [0.1, 0.15) is 20.3 Å². The topological polar surface area (TPSA) is 41.6 Å². The van der Waals surface area contributed by atoms with E-state index in [0.717, 1.165) is 13.1 Å². The molecule has 0 saturated carbocycles. The summed E-state index contributed by atoms with van der Waals surface area (Å²) in [5, 5.41) is 3.38. The lowest BCUT2D eigenvalue weighted by molar-refractivity contribution is 0.156. The molecular weight excluding hydrogens is 276 g/mol. The number of anilines is 1. The van der Waals surface area contributed by atoms with E-state index in [9.17, 15) is 4.79 Å². The molecule has 2 unspecified atom stereocenters. The third-order valence-corrected chi connectivity index (χ3v) is 3.85. The van der Waals surface area contributed by atoms with Gasteiger partial charge in [0.2, 0.25) is 0 Å². The van der Waals surface area contributed by atoms with Crippen molar-refractivity contribution in [1.29, 1.82) is 0 Å². The highest BCUT2D eigenvalue weighted by Crippen LogP contribution is 2.28. The Morgan fingerprint density at radius 2 is 2.00 bits per heavy atom. The fourth-order valence-electron chi connectivity index (χ4n) is 2.78. The first-order valence-corrected chi connectivity index (χ1v) is 7.27. The maximum Gasteiger partial charge on any atom is 0.321 e. The predicted octanol–water partition coefficient (Wildman–Crippen LogP) is 3.86. The summed E-state index contributed by atoms with van der Waals surface area (Å²) in [6.07, 6.45) is 1.18. The number of ether oxygens (including phenoxy) is 1. The van der Waals surface area contributed by atoms with Gasteiger partial charge in [0, 0.05) is 18.8 Å². The Bertz CT molecular complexity index is 483. The molecule has 20 heavy (non-hydrogen) atoms. The molecule has 1 aliphatic rings. The molecule has 1 heterocycles. The largest absolute Gasteiger partial charge is 0.495 e. The Balaban J connectivity index is 2.02. The number of piperidine rings is 1. The van der Waals surface area contributed by atoms with E-state index in [0.29, 0.717) is 28.3 Å². The van der Waals surface area contributed by atoms with E-state index in [2.05, 4.69) is 19.2 Å². The number of nitrogens with one attached hydrogen (secondary N) is 1. The Morgan fingerprint density at radius 1 is 1.35 bits per heavy atom. The molecule has 1 N–H and O–H groups in total. The van der Waals surface area contributed by atoms with Crippen molar-refractivity contribution in [3.8, 4) is 5.75 Å². The van der Waals surface area contributed by atoms with Crippen molar-refractivity contribution < 1.29 is 9.53 Å². The Morgan fingerprint density at radius 3 is 2.55 bits per heavy atom. The first-order valence-electron chi connectivity index (χ1n) is 6.89. The standard InChI is InChI=1S/C15H21ClN2O2/c1-10-6-11(2)9-18(8-10)15(19)17-12-4-5-14(20-3)13(16)7-12/h4-5,7,10-11H,6,8-9H2,1-3H3,(H,17,19). The summed E-state index contributed by atoms with van der Waals surface area (Å²) in [5.41, 5.74) is 0.687. The lowest BCUT2D eigenvalue weighted by Crippen LogP contribution is -2.44. The molecule has 2 rings (SSSR count). The van der Waals surface area contributed by atoms with Crippen LogP contribution in [0.4, 0.5) is 10.5 Å². The molecule has 5 heteroatoms. The lowest BCUT2D eigenvalue weighted by Gasteiger charge is -2.34. The molecule has 0 radical (unpaired) electrons. The van der Waals surface area contributed by atoms with E-state index < -0.39 is 0 Å². The SMILES string of the molecule is COc1ccc(NC(=O)N2CC(C)CC(C)C2)cc1Cl. The van der Waals surface area contributed by atoms with Gasteiger partial charge in [-0.25, -0.2) is 4.79 Å². The molecule has 1 aliphatic heterocycles. The molecule has 0 bridgehead atoms. The predicted molar refractivity (Wildman–Crippen MR) is 81.5 cm³/mol. The number of rotatable bonds is 2. The summed E-state index contributed by atoms with van der Waals surface area (Å²) in [6, 6.07) is 5.18. The minimum absolute atomic E-state index is 0.0652. The summed E-state index contributed by atoms with van der Waals surface area (Å²) in [6.45, 7) is 5.97. The number of nitrogens with zero attached hydrogens (tertiary/aromatic N) is 1. The Kier molecular flexibility index (Phi) is 4.76. The molecular formula is C15H21ClN2O2. The highest BCUT2D eigenvalue weighted by atomic mass is 35.5. The second-order valence-electron chi connectivity index (χ2n) is 5.63. The number of methoxy groups -OCH3 is 1. The van der Waals surface area contributed by atoms with Crippen LogP contribution in [-0.2, 0) is 0 Å². The van der Waals surface area contributed by atoms with E-state index in [1.807, 2.05) is 4.90 Å². The van der Waals surface area contributed by atoms with Gasteiger partial charge in [-0.3, -0.25) is 0 Å². The highest BCUT2D eigenvalue weighted by molar-refractivity contribution is 6.32. The van der Waals surface area contributed by atoms with Gasteiger partial charge >= 0.3 is 6.03 Å². The van der Waals surface area contributed by atoms with Gasteiger partial charge in [-0.05, 0) is 36.5 Å². The first-order chi connectivity index (χ1) is 9.49. The maximum atomic E-state index is 12.3. The number of urea groups is 1. The van der Waals surface area contributed by atoms with Crippen molar-refractivity contribution >= 4 is 23.3 Å². The van der Waals surface area contributed by atoms with Crippen molar-refractivity contribution in [2.24, 2.45) is 11.8 Å². The van der Waals surface area contributed by atoms with Crippen molar-refractivity contribution in [2.75, 3.05) is 25.5 Å².